The summed E-state index contributed by atoms with van der Waals surface area (Å²) in [5.74, 6) is 1.96. The third kappa shape index (κ3) is 6.56. The van der Waals surface area contributed by atoms with Gasteiger partial charge in [-0.2, -0.15) is 0 Å². The average Bonchev–Trinajstić information content (AvgIpc) is 4.08. The highest BCUT2D eigenvalue weighted by Gasteiger charge is 2.23. The van der Waals surface area contributed by atoms with E-state index in [2.05, 4.69) is 203 Å². The molecule has 1 unspecified atom stereocenters. The van der Waals surface area contributed by atoms with Crippen LogP contribution in [0.4, 0.5) is 0 Å². The Hall–Kier alpha value is -8.71. The Morgan fingerprint density at radius 2 is 0.986 bits per heavy atom. The number of aromatic nitrogens is 5. The largest absolute Gasteiger partial charge is 0.333 e. The van der Waals surface area contributed by atoms with E-state index >= 15 is 0 Å². The maximum atomic E-state index is 5.21. The van der Waals surface area contributed by atoms with Gasteiger partial charge in [0.2, 0.25) is 0 Å². The van der Waals surface area contributed by atoms with Gasteiger partial charge in [-0.3, -0.25) is 0 Å². The maximum Gasteiger partial charge on any atom is 0.165 e. The molecule has 0 fully saturated rings. The molecule has 1 aliphatic carbocycles. The van der Waals surface area contributed by atoms with Gasteiger partial charge in [-0.05, 0) is 89.3 Å². The number of rotatable bonds is 7. The van der Waals surface area contributed by atoms with Crippen LogP contribution < -0.4 is 0 Å². The zero-order valence-electron chi connectivity index (χ0n) is 37.4. The molecule has 0 N–H and O–H groups in total. The molecule has 9 aromatic carbocycles. The van der Waals surface area contributed by atoms with Gasteiger partial charge in [0.1, 0.15) is 0 Å². The van der Waals surface area contributed by atoms with Gasteiger partial charge in [0.05, 0.1) is 22.6 Å². The summed E-state index contributed by atoms with van der Waals surface area (Å²) < 4.78 is 7.38. The maximum absolute atomic E-state index is 5.21. The van der Waals surface area contributed by atoms with Gasteiger partial charge >= 0.3 is 0 Å². The monoisotopic (exact) mass is 899 g/mol. The molecule has 13 aromatic rings. The van der Waals surface area contributed by atoms with Crippen molar-refractivity contribution in [3.63, 3.8) is 0 Å². The third-order valence-electron chi connectivity index (χ3n) is 13.9. The third-order valence-corrected chi connectivity index (χ3v) is 15.1. The Balaban J connectivity index is 0.918. The molecule has 0 saturated heterocycles. The molecule has 69 heavy (non-hydrogen) atoms. The van der Waals surface area contributed by atoms with Crippen molar-refractivity contribution in [1.82, 2.24) is 24.1 Å². The smallest absolute Gasteiger partial charge is 0.165 e. The van der Waals surface area contributed by atoms with E-state index in [-0.39, 0.29) is 6.04 Å². The lowest BCUT2D eigenvalue weighted by atomic mass is 9.96. The highest BCUT2D eigenvalue weighted by Crippen LogP contribution is 2.45. The Morgan fingerprint density at radius 1 is 0.391 bits per heavy atom. The number of allylic oxidation sites excluding steroid dienone is 4. The molecule has 0 spiro atoms. The second-order valence-electron chi connectivity index (χ2n) is 17.9. The van der Waals surface area contributed by atoms with Crippen LogP contribution in [0.15, 0.2) is 231 Å². The normalized spacial score (nSPS) is 13.8. The molecule has 0 bridgehead atoms. The Kier molecular flexibility index (Phi) is 9.14. The highest BCUT2D eigenvalue weighted by molar-refractivity contribution is 7.26. The fraction of sp³-hybridized carbons (Fsp3) is 0.0317. The molecule has 0 aliphatic heterocycles. The zero-order chi connectivity index (χ0) is 45.4. The van der Waals surface area contributed by atoms with Gasteiger partial charge in [0, 0.05) is 69.6 Å². The molecular weight excluding hydrogens is 859 g/mol. The van der Waals surface area contributed by atoms with E-state index in [0.717, 1.165) is 44.6 Å². The molecule has 324 valence electrons. The van der Waals surface area contributed by atoms with Crippen LogP contribution in [0.2, 0.25) is 0 Å². The van der Waals surface area contributed by atoms with E-state index in [0.29, 0.717) is 17.5 Å². The van der Waals surface area contributed by atoms with Crippen LogP contribution in [0, 0.1) is 0 Å². The molecule has 5 nitrogen and oxygen atoms in total. The molecule has 6 heteroatoms. The van der Waals surface area contributed by atoms with Gasteiger partial charge in [0.15, 0.2) is 17.5 Å². The van der Waals surface area contributed by atoms with Crippen molar-refractivity contribution in [2.24, 2.45) is 0 Å². The predicted molar refractivity (Wildman–Crippen MR) is 289 cm³/mol. The van der Waals surface area contributed by atoms with E-state index < -0.39 is 0 Å². The highest BCUT2D eigenvalue weighted by atomic mass is 32.1. The van der Waals surface area contributed by atoms with E-state index in [4.69, 9.17) is 15.0 Å². The predicted octanol–water partition coefficient (Wildman–Crippen LogP) is 16.8. The van der Waals surface area contributed by atoms with Crippen LogP contribution in [0.3, 0.4) is 0 Å². The molecule has 0 amide bonds. The number of benzene rings is 9. The lowest BCUT2D eigenvalue weighted by Gasteiger charge is -2.18. The van der Waals surface area contributed by atoms with Crippen LogP contribution >= 0.6 is 11.3 Å². The summed E-state index contributed by atoms with van der Waals surface area (Å²) in [6.45, 7) is 0. The fourth-order valence-corrected chi connectivity index (χ4v) is 11.8. The first-order valence-corrected chi connectivity index (χ1v) is 24.3. The van der Waals surface area contributed by atoms with Gasteiger partial charge in [0.25, 0.3) is 0 Å². The van der Waals surface area contributed by atoms with Gasteiger partial charge in [-0.15, -0.1) is 11.3 Å². The van der Waals surface area contributed by atoms with Crippen molar-refractivity contribution in [1.29, 1.82) is 0 Å². The zero-order valence-corrected chi connectivity index (χ0v) is 38.2. The number of fused-ring (bicyclic) bond motifs is 9. The van der Waals surface area contributed by atoms with E-state index in [1.54, 1.807) is 11.3 Å². The molecule has 1 aliphatic rings. The molecule has 4 aromatic heterocycles. The van der Waals surface area contributed by atoms with E-state index in [9.17, 15) is 0 Å². The lowest BCUT2D eigenvalue weighted by molar-refractivity contribution is 0.648. The minimum Gasteiger partial charge on any atom is -0.333 e. The van der Waals surface area contributed by atoms with Gasteiger partial charge < -0.3 is 9.13 Å². The summed E-state index contributed by atoms with van der Waals surface area (Å²) in [6.07, 6.45) is 9.93. The number of nitrogens with zero attached hydrogens (tertiary/aromatic N) is 5. The molecular formula is C63H41N5S. The first-order chi connectivity index (χ1) is 34.2. The first kappa shape index (κ1) is 39.5. The summed E-state index contributed by atoms with van der Waals surface area (Å²) in [5.41, 5.74) is 13.6. The van der Waals surface area contributed by atoms with Crippen molar-refractivity contribution in [3.8, 4) is 62.1 Å². The summed E-state index contributed by atoms with van der Waals surface area (Å²) >= 11 is 1.79. The quantitative estimate of drug-likeness (QED) is 0.160. The molecule has 1 atom stereocenters. The van der Waals surface area contributed by atoms with Crippen molar-refractivity contribution < 1.29 is 0 Å². The summed E-state index contributed by atoms with van der Waals surface area (Å²) in [6, 6.07) is 74.5. The summed E-state index contributed by atoms with van der Waals surface area (Å²) in [5, 5.41) is 7.46. The second-order valence-corrected chi connectivity index (χ2v) is 19.0. The summed E-state index contributed by atoms with van der Waals surface area (Å²) in [4.78, 5) is 15.4. The molecule has 0 radical (unpaired) electrons. The minimum atomic E-state index is 0.210. The molecule has 4 heterocycles. The van der Waals surface area contributed by atoms with E-state index in [1.165, 1.54) is 70.2 Å². The molecule has 0 saturated carbocycles. The molecule has 14 rings (SSSR count). The topological polar surface area (TPSA) is 48.5 Å². The van der Waals surface area contributed by atoms with Crippen LogP contribution in [-0.2, 0) is 0 Å². The number of hydrogen-bond acceptors (Lipinski definition) is 4. The number of para-hydroxylation sites is 2. The van der Waals surface area contributed by atoms with Crippen molar-refractivity contribution in [3.05, 3.63) is 231 Å². The van der Waals surface area contributed by atoms with Crippen molar-refractivity contribution >= 4 is 75.1 Å². The van der Waals surface area contributed by atoms with Gasteiger partial charge in [-0.1, -0.05) is 170 Å². The SMILES string of the molecule is C1=CCC(n2c3ccc(-c4ccc(-c5cc(-c6nc(-c7ccccc7)nc(-c7ccccc7)n6)c6sc7ccccc7c6c5)cc4)cc3c3cc4c5ccccc5n(-c5ccccc5)c4cc32)C=C1. The lowest BCUT2D eigenvalue weighted by Crippen LogP contribution is -2.06. The van der Waals surface area contributed by atoms with Crippen LogP contribution in [0.25, 0.3) is 126 Å². The van der Waals surface area contributed by atoms with Crippen LogP contribution in [0.1, 0.15) is 12.5 Å². The van der Waals surface area contributed by atoms with Crippen LogP contribution in [0.5, 0.6) is 0 Å². The second kappa shape index (κ2) is 16.0. The summed E-state index contributed by atoms with van der Waals surface area (Å²) in [7, 11) is 0. The fourth-order valence-electron chi connectivity index (χ4n) is 10.6. The van der Waals surface area contributed by atoms with E-state index in [1.807, 2.05) is 36.4 Å². The van der Waals surface area contributed by atoms with Crippen molar-refractivity contribution in [2.45, 2.75) is 12.5 Å². The van der Waals surface area contributed by atoms with Gasteiger partial charge in [-0.25, -0.2) is 15.0 Å². The Labute approximate surface area is 402 Å². The van der Waals surface area contributed by atoms with Crippen molar-refractivity contribution in [2.75, 3.05) is 0 Å². The first-order valence-electron chi connectivity index (χ1n) is 23.5. The van der Waals surface area contributed by atoms with Crippen LogP contribution in [-0.4, -0.2) is 24.1 Å². The average molecular weight is 900 g/mol. The Bertz CT molecular complexity index is 4140. The Morgan fingerprint density at radius 3 is 1.71 bits per heavy atom. The standard InChI is InChI=1S/C63H41N5S/c1-5-17-42(18-6-1)61-64-62(43-19-7-2-8-20-43)66-63(65-61)54-37-45(36-53-49-26-14-16-28-59(49)69-60(53)54)41-31-29-40(30-32-41)44-33-34-56-50(35-44)52-38-51-48-25-13-15-27-55(48)67(46-21-9-3-10-22-46)57(51)39-58(52)68(56)47-23-11-4-12-24-47/h1-23,25-39,47H,24H2. The number of hydrogen-bond donors (Lipinski definition) is 0. The minimum absolute atomic E-state index is 0.210. The number of thiophene rings is 1.